The van der Waals surface area contributed by atoms with E-state index in [0.717, 1.165) is 11.3 Å². The average molecular weight is 603 g/mol. The molecule has 2 aromatic carbocycles. The fourth-order valence-electron chi connectivity index (χ4n) is 5.27. The molecule has 1 unspecified atom stereocenters. The van der Waals surface area contributed by atoms with Crippen molar-refractivity contribution in [2.24, 2.45) is 11.1 Å². The van der Waals surface area contributed by atoms with Gasteiger partial charge >= 0.3 is 0 Å². The van der Waals surface area contributed by atoms with Gasteiger partial charge in [0.15, 0.2) is 10.1 Å². The summed E-state index contributed by atoms with van der Waals surface area (Å²) in [5.41, 5.74) is 9.35. The quantitative estimate of drug-likeness (QED) is 0.329. The van der Waals surface area contributed by atoms with E-state index >= 15 is 0 Å². The molecule has 5 rings (SSSR count). The Morgan fingerprint density at radius 1 is 1.19 bits per heavy atom. The normalized spacial score (nSPS) is 17.9. The van der Waals surface area contributed by atoms with Crippen molar-refractivity contribution >= 4 is 45.6 Å². The third-order valence-corrected chi connectivity index (χ3v) is 9.15. The molecule has 3 N–H and O–H groups in total. The molecule has 1 aliphatic carbocycles. The molecular formula is C30H30N6O4S2. The van der Waals surface area contributed by atoms with Crippen LogP contribution in [0.5, 0.6) is 11.5 Å². The number of nitrogens with two attached hydrogens (primary N) is 1. The summed E-state index contributed by atoms with van der Waals surface area (Å²) in [5, 5.41) is 22.2. The maximum atomic E-state index is 13.6. The lowest BCUT2D eigenvalue weighted by Crippen LogP contribution is -2.42. The van der Waals surface area contributed by atoms with E-state index in [1.54, 1.807) is 30.2 Å². The van der Waals surface area contributed by atoms with Crippen LogP contribution in [0, 0.1) is 16.7 Å². The zero-order valence-corrected chi connectivity index (χ0v) is 25.3. The van der Waals surface area contributed by atoms with Crippen LogP contribution in [-0.2, 0) is 9.59 Å². The Hall–Kier alpha value is -4.34. The van der Waals surface area contributed by atoms with Crippen molar-refractivity contribution in [2.75, 3.05) is 30.2 Å². The van der Waals surface area contributed by atoms with Gasteiger partial charge < -0.3 is 20.5 Å². The molecule has 1 amide bonds. The SMILES string of the molecule is COc1ccc(NC(=O)CSc2nnc(N3C(N)=C(C#N)C(c4ccccc4)C4=C3CC(C)(C)CC4=O)s2)c(OC)c1. The number of nitrogens with zero attached hydrogens (tertiary/aromatic N) is 4. The summed E-state index contributed by atoms with van der Waals surface area (Å²) in [7, 11) is 3.07. The Bertz CT molecular complexity index is 1640. The van der Waals surface area contributed by atoms with E-state index in [-0.39, 0.29) is 28.7 Å². The van der Waals surface area contributed by atoms with Crippen molar-refractivity contribution in [3.63, 3.8) is 0 Å². The second-order valence-electron chi connectivity index (χ2n) is 10.6. The Morgan fingerprint density at radius 3 is 2.64 bits per heavy atom. The van der Waals surface area contributed by atoms with E-state index in [4.69, 9.17) is 15.2 Å². The second-order valence-corrected chi connectivity index (χ2v) is 12.8. The highest BCUT2D eigenvalue weighted by Gasteiger charge is 2.45. The van der Waals surface area contributed by atoms with Crippen LogP contribution in [0.15, 0.2) is 75.5 Å². The van der Waals surface area contributed by atoms with Gasteiger partial charge in [0.25, 0.3) is 0 Å². The monoisotopic (exact) mass is 602 g/mol. The Morgan fingerprint density at radius 2 is 1.95 bits per heavy atom. The van der Waals surface area contributed by atoms with Crippen molar-refractivity contribution in [1.29, 1.82) is 5.26 Å². The lowest BCUT2D eigenvalue weighted by atomic mass is 9.69. The van der Waals surface area contributed by atoms with Gasteiger partial charge in [-0.3, -0.25) is 14.5 Å². The fourth-order valence-corrected chi connectivity index (χ4v) is 6.95. The highest BCUT2D eigenvalue weighted by Crippen LogP contribution is 2.50. The molecule has 12 heteroatoms. The number of thioether (sulfide) groups is 1. The second kappa shape index (κ2) is 11.9. The van der Waals surface area contributed by atoms with Gasteiger partial charge in [-0.05, 0) is 29.5 Å². The number of carbonyl (C=O) groups is 2. The van der Waals surface area contributed by atoms with Crippen LogP contribution < -0.4 is 25.4 Å². The minimum Gasteiger partial charge on any atom is -0.497 e. The third-order valence-electron chi connectivity index (χ3n) is 7.11. The number of allylic oxidation sites excluding steroid dienone is 3. The summed E-state index contributed by atoms with van der Waals surface area (Å²) in [5.74, 6) is 0.592. The number of anilines is 2. The van der Waals surface area contributed by atoms with Crippen LogP contribution >= 0.6 is 23.1 Å². The number of benzene rings is 2. The van der Waals surface area contributed by atoms with E-state index in [1.807, 2.05) is 44.2 Å². The maximum absolute atomic E-state index is 13.6. The summed E-state index contributed by atoms with van der Waals surface area (Å²) in [6, 6.07) is 16.9. The van der Waals surface area contributed by atoms with E-state index in [1.165, 1.54) is 30.2 Å². The standard InChI is InChI=1S/C30H30N6O4S2/c1-30(2)13-21-26(22(37)14-30)25(17-8-6-5-7-9-17)19(15-31)27(32)36(21)28-34-35-29(42-28)41-16-24(38)33-20-11-10-18(39-3)12-23(20)40-4/h5-12,25H,13-14,16,32H2,1-4H3,(H,33,38). The summed E-state index contributed by atoms with van der Waals surface area (Å²) in [6.07, 6.45) is 0.942. The number of aromatic nitrogens is 2. The van der Waals surface area contributed by atoms with Crippen molar-refractivity contribution in [3.05, 3.63) is 76.8 Å². The van der Waals surface area contributed by atoms with Gasteiger partial charge in [0.05, 0.1) is 43.2 Å². The first kappa shape index (κ1) is 29.2. The molecule has 1 atom stereocenters. The highest BCUT2D eigenvalue weighted by atomic mass is 32.2. The van der Waals surface area contributed by atoms with E-state index in [0.29, 0.717) is 50.6 Å². The first-order valence-electron chi connectivity index (χ1n) is 13.1. The molecule has 42 heavy (non-hydrogen) atoms. The molecule has 0 bridgehead atoms. The van der Waals surface area contributed by atoms with Crippen molar-refractivity contribution in [1.82, 2.24) is 10.2 Å². The molecule has 0 saturated heterocycles. The van der Waals surface area contributed by atoms with Gasteiger partial charge in [0, 0.05) is 23.8 Å². The molecule has 2 aliphatic rings. The zero-order chi connectivity index (χ0) is 30.0. The third kappa shape index (κ3) is 5.70. The van der Waals surface area contributed by atoms with Crippen LogP contribution in [0.2, 0.25) is 0 Å². The van der Waals surface area contributed by atoms with Gasteiger partial charge in [0.2, 0.25) is 11.0 Å². The Kier molecular flexibility index (Phi) is 8.24. The number of amides is 1. The van der Waals surface area contributed by atoms with Crippen molar-refractivity contribution in [3.8, 4) is 17.6 Å². The van der Waals surface area contributed by atoms with E-state index in [9.17, 15) is 14.9 Å². The van der Waals surface area contributed by atoms with Gasteiger partial charge in [0.1, 0.15) is 17.3 Å². The first-order chi connectivity index (χ1) is 20.2. The summed E-state index contributed by atoms with van der Waals surface area (Å²) < 4.78 is 11.1. The number of nitriles is 1. The number of hydrogen-bond donors (Lipinski definition) is 2. The Balaban J connectivity index is 1.42. The molecule has 0 saturated carbocycles. The van der Waals surface area contributed by atoms with E-state index < -0.39 is 5.92 Å². The number of rotatable bonds is 8. The first-order valence-corrected chi connectivity index (χ1v) is 14.9. The van der Waals surface area contributed by atoms with Crippen LogP contribution in [0.25, 0.3) is 0 Å². The van der Waals surface area contributed by atoms with Crippen LogP contribution in [0.1, 0.15) is 38.2 Å². The smallest absolute Gasteiger partial charge is 0.234 e. The number of ketones is 1. The predicted octanol–water partition coefficient (Wildman–Crippen LogP) is 5.23. The summed E-state index contributed by atoms with van der Waals surface area (Å²) in [4.78, 5) is 28.1. The minimum atomic E-state index is -0.550. The number of nitrogens with one attached hydrogen (secondary N) is 1. The molecule has 1 aliphatic heterocycles. The van der Waals surface area contributed by atoms with Crippen LogP contribution in [0.3, 0.4) is 0 Å². The number of ether oxygens (including phenoxy) is 2. The summed E-state index contributed by atoms with van der Waals surface area (Å²) in [6.45, 7) is 4.09. The van der Waals surface area contributed by atoms with Crippen LogP contribution in [-0.4, -0.2) is 41.9 Å². The van der Waals surface area contributed by atoms with Crippen LogP contribution in [0.4, 0.5) is 10.8 Å². The topological polar surface area (TPSA) is 143 Å². The molecule has 1 aromatic heterocycles. The number of carbonyl (C=O) groups excluding carboxylic acids is 2. The molecule has 0 radical (unpaired) electrons. The number of Topliss-reactive ketones (excluding diaryl/α,β-unsaturated/α-hetero) is 1. The Labute approximate surface area is 252 Å². The fraction of sp³-hybridized carbons (Fsp3) is 0.300. The molecule has 10 nitrogen and oxygen atoms in total. The lowest BCUT2D eigenvalue weighted by Gasteiger charge is -2.42. The summed E-state index contributed by atoms with van der Waals surface area (Å²) >= 11 is 2.47. The number of methoxy groups -OCH3 is 2. The predicted molar refractivity (Wildman–Crippen MR) is 162 cm³/mol. The largest absolute Gasteiger partial charge is 0.497 e. The molecule has 0 spiro atoms. The van der Waals surface area contributed by atoms with E-state index in [2.05, 4.69) is 21.6 Å². The molecule has 3 aromatic rings. The van der Waals surface area contributed by atoms with Crippen molar-refractivity contribution in [2.45, 2.75) is 36.9 Å². The zero-order valence-electron chi connectivity index (χ0n) is 23.6. The lowest BCUT2D eigenvalue weighted by molar-refractivity contribution is -0.118. The highest BCUT2D eigenvalue weighted by molar-refractivity contribution is 8.01. The van der Waals surface area contributed by atoms with Gasteiger partial charge in [-0.15, -0.1) is 10.2 Å². The van der Waals surface area contributed by atoms with Gasteiger partial charge in [-0.1, -0.05) is 67.3 Å². The molecular weight excluding hydrogens is 573 g/mol. The minimum absolute atomic E-state index is 0.00917. The average Bonchev–Trinajstić information content (AvgIpc) is 3.44. The molecule has 216 valence electrons. The van der Waals surface area contributed by atoms with Gasteiger partial charge in [-0.25, -0.2) is 0 Å². The maximum Gasteiger partial charge on any atom is 0.234 e. The molecule has 0 fully saturated rings. The van der Waals surface area contributed by atoms with Gasteiger partial charge in [-0.2, -0.15) is 5.26 Å². The number of hydrogen-bond acceptors (Lipinski definition) is 11. The van der Waals surface area contributed by atoms with Crippen molar-refractivity contribution < 1.29 is 19.1 Å². The molecule has 2 heterocycles.